The van der Waals surface area contributed by atoms with E-state index in [1.165, 1.54) is 12.1 Å². The second-order valence-electron chi connectivity index (χ2n) is 4.84. The summed E-state index contributed by atoms with van der Waals surface area (Å²) in [6.07, 6.45) is -4.32. The van der Waals surface area contributed by atoms with Crippen molar-refractivity contribution in [2.45, 2.75) is 12.7 Å². The molecular weight excluding hydrogens is 293 g/mol. The minimum absolute atomic E-state index is 0.0979. The van der Waals surface area contributed by atoms with E-state index in [2.05, 4.69) is 5.32 Å². The number of nitrogens with two attached hydrogens (primary N) is 1. The van der Waals surface area contributed by atoms with Gasteiger partial charge in [0.25, 0.3) is 0 Å². The van der Waals surface area contributed by atoms with E-state index in [1.807, 2.05) is 24.3 Å². The van der Waals surface area contributed by atoms with Gasteiger partial charge in [-0.15, -0.1) is 0 Å². The Kier molecular flexibility index (Phi) is 4.82. The molecule has 3 nitrogen and oxygen atoms in total. The van der Waals surface area contributed by atoms with Crippen molar-refractivity contribution in [2.24, 2.45) is 5.73 Å². The third-order valence-electron chi connectivity index (χ3n) is 3.13. The SMILES string of the molecule is NC(=O)CNCc1ccc(-c2ccc(C(F)(F)F)cc2)cc1. The van der Waals surface area contributed by atoms with Gasteiger partial charge in [0.15, 0.2) is 0 Å². The fraction of sp³-hybridized carbons (Fsp3) is 0.188. The molecule has 0 spiro atoms. The molecule has 2 rings (SSSR count). The number of primary amides is 1. The van der Waals surface area contributed by atoms with Crippen LogP contribution in [0.5, 0.6) is 0 Å². The Labute approximate surface area is 125 Å². The topological polar surface area (TPSA) is 55.1 Å². The molecule has 116 valence electrons. The van der Waals surface area contributed by atoms with Crippen LogP contribution in [0.3, 0.4) is 0 Å². The summed E-state index contributed by atoms with van der Waals surface area (Å²) in [6, 6.07) is 12.4. The molecule has 0 radical (unpaired) electrons. The zero-order valence-electron chi connectivity index (χ0n) is 11.7. The molecule has 2 aromatic carbocycles. The third kappa shape index (κ3) is 4.33. The number of rotatable bonds is 5. The van der Waals surface area contributed by atoms with Gasteiger partial charge in [-0.05, 0) is 28.8 Å². The Balaban J connectivity index is 2.05. The van der Waals surface area contributed by atoms with Crippen LogP contribution >= 0.6 is 0 Å². The highest BCUT2D eigenvalue weighted by atomic mass is 19.4. The molecule has 0 aliphatic rings. The number of carbonyl (C=O) groups is 1. The first kappa shape index (κ1) is 16.0. The third-order valence-corrected chi connectivity index (χ3v) is 3.13. The van der Waals surface area contributed by atoms with Gasteiger partial charge in [0.1, 0.15) is 0 Å². The van der Waals surface area contributed by atoms with Gasteiger partial charge in [-0.25, -0.2) is 0 Å². The second-order valence-corrected chi connectivity index (χ2v) is 4.84. The van der Waals surface area contributed by atoms with Gasteiger partial charge >= 0.3 is 6.18 Å². The Morgan fingerprint density at radius 3 is 1.91 bits per heavy atom. The number of carbonyl (C=O) groups excluding carboxylic acids is 1. The molecule has 22 heavy (non-hydrogen) atoms. The number of alkyl halides is 3. The lowest BCUT2D eigenvalue weighted by Gasteiger charge is -2.08. The van der Waals surface area contributed by atoms with Gasteiger partial charge in [-0.1, -0.05) is 36.4 Å². The lowest BCUT2D eigenvalue weighted by Crippen LogP contribution is -2.28. The average Bonchev–Trinajstić information content (AvgIpc) is 2.47. The molecule has 0 fully saturated rings. The summed E-state index contributed by atoms with van der Waals surface area (Å²) >= 11 is 0. The van der Waals surface area contributed by atoms with Crippen molar-refractivity contribution >= 4 is 5.91 Å². The summed E-state index contributed by atoms with van der Waals surface area (Å²) in [6.45, 7) is 0.594. The lowest BCUT2D eigenvalue weighted by molar-refractivity contribution is -0.137. The molecule has 0 bridgehead atoms. The van der Waals surface area contributed by atoms with Gasteiger partial charge in [-0.3, -0.25) is 4.79 Å². The Morgan fingerprint density at radius 1 is 0.955 bits per heavy atom. The molecule has 3 N–H and O–H groups in total. The number of hydrogen-bond acceptors (Lipinski definition) is 2. The van der Waals surface area contributed by atoms with E-state index in [0.29, 0.717) is 12.1 Å². The van der Waals surface area contributed by atoms with Crippen LogP contribution in [0.2, 0.25) is 0 Å². The van der Waals surface area contributed by atoms with Crippen LogP contribution in [0.25, 0.3) is 11.1 Å². The van der Waals surface area contributed by atoms with Gasteiger partial charge in [-0.2, -0.15) is 13.2 Å². The number of hydrogen-bond donors (Lipinski definition) is 2. The fourth-order valence-electron chi connectivity index (χ4n) is 2.00. The highest BCUT2D eigenvalue weighted by Crippen LogP contribution is 2.30. The smallest absolute Gasteiger partial charge is 0.369 e. The summed E-state index contributed by atoms with van der Waals surface area (Å²) in [7, 11) is 0. The van der Waals surface area contributed by atoms with Crippen molar-refractivity contribution in [2.75, 3.05) is 6.54 Å². The van der Waals surface area contributed by atoms with Crippen LogP contribution in [0, 0.1) is 0 Å². The summed E-state index contributed by atoms with van der Waals surface area (Å²) in [5.74, 6) is -0.429. The van der Waals surface area contributed by atoms with Crippen LogP contribution in [-0.2, 0) is 17.5 Å². The first-order chi connectivity index (χ1) is 10.4. The maximum atomic E-state index is 12.5. The predicted molar refractivity (Wildman–Crippen MR) is 77.8 cm³/mol. The maximum Gasteiger partial charge on any atom is 0.416 e. The summed E-state index contributed by atoms with van der Waals surface area (Å²) in [5.41, 5.74) is 6.85. The van der Waals surface area contributed by atoms with Gasteiger partial charge in [0.2, 0.25) is 5.91 Å². The normalized spacial score (nSPS) is 11.4. The summed E-state index contributed by atoms with van der Waals surface area (Å²) in [4.78, 5) is 10.6. The highest BCUT2D eigenvalue weighted by Gasteiger charge is 2.29. The lowest BCUT2D eigenvalue weighted by atomic mass is 10.0. The maximum absolute atomic E-state index is 12.5. The minimum Gasteiger partial charge on any atom is -0.369 e. The van der Waals surface area contributed by atoms with E-state index < -0.39 is 17.6 Å². The Bertz CT molecular complexity index is 634. The van der Waals surface area contributed by atoms with Gasteiger partial charge in [0.05, 0.1) is 12.1 Å². The van der Waals surface area contributed by atoms with Crippen LogP contribution < -0.4 is 11.1 Å². The molecule has 0 atom stereocenters. The van der Waals surface area contributed by atoms with Crippen LogP contribution in [-0.4, -0.2) is 12.5 Å². The van der Waals surface area contributed by atoms with Crippen LogP contribution in [0.4, 0.5) is 13.2 Å². The predicted octanol–water partition coefficient (Wildman–Crippen LogP) is 2.95. The molecule has 0 aliphatic carbocycles. The van der Waals surface area contributed by atoms with E-state index in [9.17, 15) is 18.0 Å². The number of nitrogens with one attached hydrogen (secondary N) is 1. The van der Waals surface area contributed by atoms with Crippen LogP contribution in [0.15, 0.2) is 48.5 Å². The highest BCUT2D eigenvalue weighted by molar-refractivity contribution is 5.75. The molecule has 0 unspecified atom stereocenters. The summed E-state index contributed by atoms with van der Waals surface area (Å²) in [5, 5.41) is 2.88. The Hall–Kier alpha value is -2.34. The molecule has 1 amide bonds. The largest absolute Gasteiger partial charge is 0.416 e. The van der Waals surface area contributed by atoms with Crippen molar-refractivity contribution in [1.29, 1.82) is 0 Å². The first-order valence-corrected chi connectivity index (χ1v) is 6.62. The van der Waals surface area contributed by atoms with Crippen molar-refractivity contribution in [3.05, 3.63) is 59.7 Å². The molecule has 0 saturated heterocycles. The van der Waals surface area contributed by atoms with E-state index >= 15 is 0 Å². The van der Waals surface area contributed by atoms with Gasteiger partial charge < -0.3 is 11.1 Å². The van der Waals surface area contributed by atoms with Crippen molar-refractivity contribution in [3.8, 4) is 11.1 Å². The Morgan fingerprint density at radius 2 is 1.45 bits per heavy atom. The first-order valence-electron chi connectivity index (χ1n) is 6.62. The van der Waals surface area contributed by atoms with Crippen molar-refractivity contribution < 1.29 is 18.0 Å². The molecule has 0 saturated carbocycles. The second kappa shape index (κ2) is 6.62. The fourth-order valence-corrected chi connectivity index (χ4v) is 2.00. The standard InChI is InChI=1S/C16H15F3N2O/c17-16(18,19)14-7-5-13(6-8-14)12-3-1-11(2-4-12)9-21-10-15(20)22/h1-8,21H,9-10H2,(H2,20,22). The van der Waals surface area contributed by atoms with E-state index in [-0.39, 0.29) is 6.54 Å². The van der Waals surface area contributed by atoms with E-state index in [0.717, 1.165) is 23.3 Å². The molecule has 0 aromatic heterocycles. The molecule has 2 aromatic rings. The number of amides is 1. The van der Waals surface area contributed by atoms with E-state index in [4.69, 9.17) is 5.73 Å². The number of benzene rings is 2. The monoisotopic (exact) mass is 308 g/mol. The minimum atomic E-state index is -4.32. The summed E-state index contributed by atoms with van der Waals surface area (Å²) < 4.78 is 37.5. The van der Waals surface area contributed by atoms with Crippen molar-refractivity contribution in [1.82, 2.24) is 5.32 Å². The molecule has 6 heteroatoms. The van der Waals surface area contributed by atoms with Crippen molar-refractivity contribution in [3.63, 3.8) is 0 Å². The molecular formula is C16H15F3N2O. The average molecular weight is 308 g/mol. The molecule has 0 aliphatic heterocycles. The molecule has 0 heterocycles. The van der Waals surface area contributed by atoms with E-state index in [1.54, 1.807) is 0 Å². The van der Waals surface area contributed by atoms with Crippen LogP contribution in [0.1, 0.15) is 11.1 Å². The zero-order chi connectivity index (χ0) is 16.2. The van der Waals surface area contributed by atoms with Gasteiger partial charge in [0, 0.05) is 6.54 Å². The zero-order valence-corrected chi connectivity index (χ0v) is 11.7. The number of halogens is 3. The quantitative estimate of drug-likeness (QED) is 0.892.